The van der Waals surface area contributed by atoms with Crippen molar-refractivity contribution in [1.29, 1.82) is 0 Å². The zero-order chi connectivity index (χ0) is 12.4. The number of fused-ring (bicyclic) bond motifs is 1. The van der Waals surface area contributed by atoms with Crippen LogP contribution in [-0.2, 0) is 11.2 Å². The average Bonchev–Trinajstić information content (AvgIpc) is 2.66. The summed E-state index contributed by atoms with van der Waals surface area (Å²) >= 11 is 6.10. The van der Waals surface area contributed by atoms with Gasteiger partial charge in [0.25, 0.3) is 5.91 Å². The molecule has 0 aliphatic heterocycles. The predicted octanol–water partition coefficient (Wildman–Crippen LogP) is 1.69. The lowest BCUT2D eigenvalue weighted by Gasteiger charge is -2.01. The molecule has 0 fully saturated rings. The number of halogens is 1. The second kappa shape index (κ2) is 4.59. The second-order valence-corrected chi connectivity index (χ2v) is 4.21. The van der Waals surface area contributed by atoms with E-state index >= 15 is 0 Å². The number of allylic oxidation sites excluding steroid dienone is 1. The topological polar surface area (TPSA) is 67.5 Å². The molecule has 0 saturated carbocycles. The molecule has 0 unspecified atom stereocenters. The summed E-state index contributed by atoms with van der Waals surface area (Å²) in [5.74, 6) is 4.75. The van der Waals surface area contributed by atoms with Gasteiger partial charge in [-0.15, -0.1) is 0 Å². The Hall–Kier alpha value is -1.81. The number of hydrogen-bond acceptors (Lipinski definition) is 3. The van der Waals surface area contributed by atoms with E-state index in [0.29, 0.717) is 17.0 Å². The zero-order valence-electron chi connectivity index (χ0n) is 9.33. The molecule has 0 saturated heterocycles. The van der Waals surface area contributed by atoms with Crippen LogP contribution in [0.25, 0.3) is 5.57 Å². The van der Waals surface area contributed by atoms with Gasteiger partial charge in [-0.05, 0) is 29.7 Å². The number of amides is 1. The van der Waals surface area contributed by atoms with Crippen molar-refractivity contribution in [1.82, 2.24) is 5.32 Å². The second-order valence-electron chi connectivity index (χ2n) is 3.80. The smallest absolute Gasteiger partial charge is 0.252 e. The van der Waals surface area contributed by atoms with Gasteiger partial charge in [0, 0.05) is 17.0 Å². The van der Waals surface area contributed by atoms with Crippen molar-refractivity contribution in [3.05, 3.63) is 39.9 Å². The standard InChI is InChI=1S/C12H12ClN3O/c1-7-8-3-2-4-11(13)10(8)5-9(7)12(17)15-6-16-14/h2-4,6H,5,14H2,1H3,(H,15,16,17). The number of carbonyl (C=O) groups is 1. The summed E-state index contributed by atoms with van der Waals surface area (Å²) in [7, 11) is 0. The molecule has 0 heterocycles. The van der Waals surface area contributed by atoms with Crippen molar-refractivity contribution in [3.8, 4) is 0 Å². The van der Waals surface area contributed by atoms with E-state index in [0.717, 1.165) is 16.7 Å². The first-order chi connectivity index (χ1) is 8.15. The van der Waals surface area contributed by atoms with Crippen LogP contribution in [0, 0.1) is 0 Å². The first-order valence-electron chi connectivity index (χ1n) is 5.15. The van der Waals surface area contributed by atoms with Crippen molar-refractivity contribution >= 4 is 29.4 Å². The minimum Gasteiger partial charge on any atom is -0.322 e. The molecule has 3 N–H and O–H groups in total. The highest BCUT2D eigenvalue weighted by Crippen LogP contribution is 2.36. The summed E-state index contributed by atoms with van der Waals surface area (Å²) in [6.07, 6.45) is 1.72. The fraction of sp³-hybridized carbons (Fsp3) is 0.167. The van der Waals surface area contributed by atoms with Crippen LogP contribution in [0.15, 0.2) is 28.9 Å². The van der Waals surface area contributed by atoms with E-state index in [2.05, 4.69) is 10.4 Å². The van der Waals surface area contributed by atoms with E-state index in [1.807, 2.05) is 25.1 Å². The molecule has 1 aliphatic rings. The number of nitrogens with one attached hydrogen (secondary N) is 1. The highest BCUT2D eigenvalue weighted by Gasteiger charge is 2.24. The van der Waals surface area contributed by atoms with Crippen molar-refractivity contribution in [2.45, 2.75) is 13.3 Å². The van der Waals surface area contributed by atoms with Crippen LogP contribution in [-0.4, -0.2) is 12.2 Å². The van der Waals surface area contributed by atoms with Gasteiger partial charge in [-0.25, -0.2) is 0 Å². The van der Waals surface area contributed by atoms with Crippen molar-refractivity contribution in [3.63, 3.8) is 0 Å². The van der Waals surface area contributed by atoms with E-state index in [1.165, 1.54) is 6.34 Å². The minimum absolute atomic E-state index is 0.191. The van der Waals surface area contributed by atoms with Crippen LogP contribution >= 0.6 is 11.6 Å². The van der Waals surface area contributed by atoms with Crippen molar-refractivity contribution in [2.24, 2.45) is 10.9 Å². The molecule has 0 radical (unpaired) electrons. The predicted molar refractivity (Wildman–Crippen MR) is 68.6 cm³/mol. The van der Waals surface area contributed by atoms with E-state index in [1.54, 1.807) is 0 Å². The molecule has 0 aromatic heterocycles. The first kappa shape index (κ1) is 11.7. The molecule has 1 amide bonds. The van der Waals surface area contributed by atoms with Gasteiger partial charge in [0.2, 0.25) is 0 Å². The summed E-state index contributed by atoms with van der Waals surface area (Å²) in [5.41, 5.74) is 3.69. The summed E-state index contributed by atoms with van der Waals surface area (Å²) in [6, 6.07) is 5.68. The Morgan fingerprint density at radius 3 is 3.00 bits per heavy atom. The molecule has 1 aromatic carbocycles. The molecular formula is C12H12ClN3O. The van der Waals surface area contributed by atoms with Crippen molar-refractivity contribution in [2.75, 3.05) is 0 Å². The van der Waals surface area contributed by atoms with Gasteiger partial charge < -0.3 is 11.2 Å². The molecule has 17 heavy (non-hydrogen) atoms. The summed E-state index contributed by atoms with van der Waals surface area (Å²) < 4.78 is 0. The minimum atomic E-state index is -0.191. The van der Waals surface area contributed by atoms with Gasteiger partial charge in [0.15, 0.2) is 0 Å². The first-order valence-corrected chi connectivity index (χ1v) is 5.53. The number of carbonyl (C=O) groups excluding carboxylic acids is 1. The Bertz CT molecular complexity index is 535. The van der Waals surface area contributed by atoms with Gasteiger partial charge in [-0.1, -0.05) is 23.7 Å². The molecule has 1 aromatic rings. The zero-order valence-corrected chi connectivity index (χ0v) is 10.1. The van der Waals surface area contributed by atoms with Crippen LogP contribution in [0.3, 0.4) is 0 Å². The lowest BCUT2D eigenvalue weighted by molar-refractivity contribution is -0.116. The Morgan fingerprint density at radius 2 is 2.35 bits per heavy atom. The van der Waals surface area contributed by atoms with Crippen molar-refractivity contribution < 1.29 is 4.79 Å². The SMILES string of the molecule is CC1=C(C(=O)NC=NN)Cc2c(Cl)cccc21. The van der Waals surface area contributed by atoms with Crippen LogP contribution < -0.4 is 11.2 Å². The van der Waals surface area contributed by atoms with E-state index in [9.17, 15) is 4.79 Å². The maximum atomic E-state index is 11.8. The number of nitrogens with two attached hydrogens (primary N) is 1. The number of rotatable bonds is 2. The van der Waals surface area contributed by atoms with Gasteiger partial charge in [0.05, 0.1) is 0 Å². The number of nitrogens with zero attached hydrogens (tertiary/aromatic N) is 1. The van der Waals surface area contributed by atoms with Crippen LogP contribution in [0.1, 0.15) is 18.1 Å². The molecule has 0 atom stereocenters. The molecule has 5 heteroatoms. The fourth-order valence-electron chi connectivity index (χ4n) is 2.00. The Morgan fingerprint density at radius 1 is 1.59 bits per heavy atom. The quantitative estimate of drug-likeness (QED) is 0.363. The maximum Gasteiger partial charge on any atom is 0.252 e. The number of benzene rings is 1. The van der Waals surface area contributed by atoms with Crippen LogP contribution in [0.2, 0.25) is 5.02 Å². The largest absolute Gasteiger partial charge is 0.322 e. The molecule has 0 bridgehead atoms. The monoisotopic (exact) mass is 249 g/mol. The Balaban J connectivity index is 2.33. The molecule has 0 spiro atoms. The maximum absolute atomic E-state index is 11.8. The highest BCUT2D eigenvalue weighted by molar-refractivity contribution is 6.32. The molecule has 1 aliphatic carbocycles. The van der Waals surface area contributed by atoms with E-state index < -0.39 is 0 Å². The van der Waals surface area contributed by atoms with Gasteiger partial charge >= 0.3 is 0 Å². The van der Waals surface area contributed by atoms with Crippen LogP contribution in [0.5, 0.6) is 0 Å². The molecule has 2 rings (SSSR count). The number of hydrogen-bond donors (Lipinski definition) is 2. The molecule has 88 valence electrons. The lowest BCUT2D eigenvalue weighted by atomic mass is 10.1. The van der Waals surface area contributed by atoms with E-state index in [4.69, 9.17) is 17.4 Å². The third-order valence-corrected chi connectivity index (χ3v) is 3.23. The Labute approximate surface area is 104 Å². The third-order valence-electron chi connectivity index (χ3n) is 2.87. The number of hydrazone groups is 1. The third kappa shape index (κ3) is 2.03. The molecule has 4 nitrogen and oxygen atoms in total. The van der Waals surface area contributed by atoms with Gasteiger partial charge in [-0.2, -0.15) is 5.10 Å². The van der Waals surface area contributed by atoms with Crippen LogP contribution in [0.4, 0.5) is 0 Å². The summed E-state index contributed by atoms with van der Waals surface area (Å²) in [5, 5.41) is 6.43. The fourth-order valence-corrected chi connectivity index (χ4v) is 2.24. The van der Waals surface area contributed by atoms with E-state index in [-0.39, 0.29) is 5.91 Å². The normalized spacial score (nSPS) is 14.2. The molecular weight excluding hydrogens is 238 g/mol. The Kier molecular flexibility index (Phi) is 3.15. The average molecular weight is 250 g/mol. The van der Waals surface area contributed by atoms with Gasteiger partial charge in [0.1, 0.15) is 6.34 Å². The van der Waals surface area contributed by atoms with Gasteiger partial charge in [-0.3, -0.25) is 4.79 Å². The lowest BCUT2D eigenvalue weighted by Crippen LogP contribution is -2.24. The highest BCUT2D eigenvalue weighted by atomic mass is 35.5. The summed E-state index contributed by atoms with van der Waals surface area (Å²) in [4.78, 5) is 11.8. The summed E-state index contributed by atoms with van der Waals surface area (Å²) in [6.45, 7) is 1.91.